The van der Waals surface area contributed by atoms with Crippen LogP contribution in [0.3, 0.4) is 0 Å². The number of halogens is 3. The van der Waals surface area contributed by atoms with E-state index >= 15 is 0 Å². The second-order valence-corrected chi connectivity index (χ2v) is 8.41. The number of phenols is 1. The van der Waals surface area contributed by atoms with Crippen LogP contribution >= 0.6 is 0 Å². The van der Waals surface area contributed by atoms with Crippen LogP contribution in [0.2, 0.25) is 0 Å². The lowest BCUT2D eigenvalue weighted by Gasteiger charge is -2.17. The van der Waals surface area contributed by atoms with Gasteiger partial charge in [-0.3, -0.25) is 4.79 Å². The summed E-state index contributed by atoms with van der Waals surface area (Å²) in [6, 6.07) is 23.8. The van der Waals surface area contributed by atoms with Crippen molar-refractivity contribution in [3.63, 3.8) is 0 Å². The topological polar surface area (TPSA) is 86.6 Å². The van der Waals surface area contributed by atoms with Crippen molar-refractivity contribution >= 4 is 11.9 Å². The van der Waals surface area contributed by atoms with Crippen LogP contribution in [-0.2, 0) is 17.4 Å². The van der Waals surface area contributed by atoms with Crippen molar-refractivity contribution in [2.75, 3.05) is 0 Å². The third-order valence-electron chi connectivity index (χ3n) is 5.89. The molecule has 0 spiro atoms. The molecule has 0 aliphatic heterocycles. The molecule has 0 fully saturated rings. The molecule has 4 rings (SSSR count). The molecule has 0 heterocycles. The Balaban J connectivity index is 1.55. The Morgan fingerprint density at radius 3 is 2.03 bits per heavy atom. The van der Waals surface area contributed by atoms with Crippen molar-refractivity contribution in [1.82, 2.24) is 5.32 Å². The first-order valence-corrected chi connectivity index (χ1v) is 11.3. The molecule has 0 aliphatic carbocycles. The molecule has 1 atom stereocenters. The van der Waals surface area contributed by atoms with Gasteiger partial charge in [-0.05, 0) is 46.0 Å². The van der Waals surface area contributed by atoms with Gasteiger partial charge in [-0.25, -0.2) is 4.79 Å². The normalized spacial score (nSPS) is 12.1. The summed E-state index contributed by atoms with van der Waals surface area (Å²) in [7, 11) is 0. The van der Waals surface area contributed by atoms with Gasteiger partial charge in [0.15, 0.2) is 0 Å². The SMILES string of the molecule is O=C(N[C@@H](Cc1ccc(-c2ccccc2)cc1)C(=O)O)c1cc(-c2ccccc2C(F)(F)F)ccc1O. The van der Waals surface area contributed by atoms with E-state index < -0.39 is 35.4 Å². The maximum Gasteiger partial charge on any atom is 0.417 e. The number of hydrogen-bond donors (Lipinski definition) is 3. The molecule has 4 aromatic rings. The molecule has 0 radical (unpaired) electrons. The molecular weight excluding hydrogens is 483 g/mol. The lowest BCUT2D eigenvalue weighted by Crippen LogP contribution is -2.42. The first kappa shape index (κ1) is 25.5. The monoisotopic (exact) mass is 505 g/mol. The van der Waals surface area contributed by atoms with Gasteiger partial charge in [0, 0.05) is 6.42 Å². The predicted octanol–water partition coefficient (Wildman–Crippen LogP) is 6.17. The summed E-state index contributed by atoms with van der Waals surface area (Å²) in [5.74, 6) is -2.70. The second kappa shape index (κ2) is 10.6. The molecule has 4 aromatic carbocycles. The molecule has 0 aromatic heterocycles. The highest BCUT2D eigenvalue weighted by Gasteiger charge is 2.33. The quantitative estimate of drug-likeness (QED) is 0.280. The van der Waals surface area contributed by atoms with Gasteiger partial charge in [0.1, 0.15) is 11.8 Å². The fourth-order valence-electron chi connectivity index (χ4n) is 4.00. The molecule has 8 heteroatoms. The molecule has 0 saturated carbocycles. The summed E-state index contributed by atoms with van der Waals surface area (Å²) in [5, 5.41) is 22.3. The Morgan fingerprint density at radius 2 is 1.38 bits per heavy atom. The number of alkyl halides is 3. The van der Waals surface area contributed by atoms with Crippen LogP contribution in [0.4, 0.5) is 13.2 Å². The number of phenolic OH excluding ortho intramolecular Hbond substituents is 1. The summed E-state index contributed by atoms with van der Waals surface area (Å²) >= 11 is 0. The van der Waals surface area contributed by atoms with Crippen molar-refractivity contribution in [3.8, 4) is 28.0 Å². The first-order valence-electron chi connectivity index (χ1n) is 11.3. The zero-order valence-corrected chi connectivity index (χ0v) is 19.4. The molecule has 5 nitrogen and oxygen atoms in total. The van der Waals surface area contributed by atoms with Crippen LogP contribution in [0, 0.1) is 0 Å². The maximum absolute atomic E-state index is 13.5. The van der Waals surface area contributed by atoms with Gasteiger partial charge >= 0.3 is 12.1 Å². The summed E-state index contributed by atoms with van der Waals surface area (Å²) in [6.07, 6.45) is -4.66. The van der Waals surface area contributed by atoms with E-state index in [0.717, 1.165) is 29.3 Å². The van der Waals surface area contributed by atoms with Gasteiger partial charge in [-0.15, -0.1) is 0 Å². The minimum absolute atomic E-state index is 0.0342. The van der Waals surface area contributed by atoms with Crippen LogP contribution in [-0.4, -0.2) is 28.1 Å². The van der Waals surface area contributed by atoms with E-state index in [-0.39, 0.29) is 23.1 Å². The number of hydrogen-bond acceptors (Lipinski definition) is 3. The van der Waals surface area contributed by atoms with Crippen LogP contribution < -0.4 is 5.32 Å². The Kier molecular flexibility index (Phi) is 7.29. The number of aliphatic carboxylic acids is 1. The average molecular weight is 505 g/mol. The third kappa shape index (κ3) is 5.98. The number of carboxylic acid groups (broad SMARTS) is 1. The number of amides is 1. The van der Waals surface area contributed by atoms with Gasteiger partial charge < -0.3 is 15.5 Å². The molecule has 3 N–H and O–H groups in total. The number of carbonyl (C=O) groups is 2. The second-order valence-electron chi connectivity index (χ2n) is 8.41. The van der Waals surface area contributed by atoms with Gasteiger partial charge in [0.2, 0.25) is 0 Å². The highest BCUT2D eigenvalue weighted by Crippen LogP contribution is 2.38. The van der Waals surface area contributed by atoms with Crippen LogP contribution in [0.5, 0.6) is 5.75 Å². The van der Waals surface area contributed by atoms with Crippen molar-refractivity contribution in [3.05, 3.63) is 114 Å². The van der Waals surface area contributed by atoms with Crippen LogP contribution in [0.1, 0.15) is 21.5 Å². The molecule has 37 heavy (non-hydrogen) atoms. The van der Waals surface area contributed by atoms with E-state index in [2.05, 4.69) is 5.32 Å². The number of rotatable bonds is 7. The fraction of sp³-hybridized carbons (Fsp3) is 0.103. The highest BCUT2D eigenvalue weighted by molar-refractivity contribution is 6.00. The van der Waals surface area contributed by atoms with E-state index in [0.29, 0.717) is 5.56 Å². The van der Waals surface area contributed by atoms with Crippen LogP contribution in [0.15, 0.2) is 97.1 Å². The number of carboxylic acids is 1. The third-order valence-corrected chi connectivity index (χ3v) is 5.89. The zero-order valence-electron chi connectivity index (χ0n) is 19.4. The Labute approximate surface area is 210 Å². The number of aromatic hydroxyl groups is 1. The number of carbonyl (C=O) groups excluding carboxylic acids is 1. The molecule has 1 amide bonds. The molecule has 0 bridgehead atoms. The minimum Gasteiger partial charge on any atom is -0.507 e. The molecule has 0 unspecified atom stereocenters. The number of nitrogens with one attached hydrogen (secondary N) is 1. The van der Waals surface area contributed by atoms with Crippen LogP contribution in [0.25, 0.3) is 22.3 Å². The standard InChI is InChI=1S/C29H22F3NO4/c30-29(31,32)24-9-5-4-8-22(24)21-14-15-26(34)23(17-21)27(35)33-25(28(36)37)16-18-10-12-20(13-11-18)19-6-2-1-3-7-19/h1-15,17,25,34H,16H2,(H,33,35)(H,36,37)/t25-/m0/s1. The zero-order chi connectivity index (χ0) is 26.6. The molecular formula is C29H22F3NO4. The van der Waals surface area contributed by atoms with E-state index in [1.165, 1.54) is 24.3 Å². The van der Waals surface area contributed by atoms with Crippen molar-refractivity contribution < 1.29 is 33.0 Å². The average Bonchev–Trinajstić information content (AvgIpc) is 2.89. The summed E-state index contributed by atoms with van der Waals surface area (Å²) in [5.41, 5.74) is 1.26. The Hall–Kier alpha value is -4.59. The minimum atomic E-state index is -4.62. The summed E-state index contributed by atoms with van der Waals surface area (Å²) in [4.78, 5) is 24.8. The van der Waals surface area contributed by atoms with Gasteiger partial charge in [0.05, 0.1) is 11.1 Å². The van der Waals surface area contributed by atoms with Crippen molar-refractivity contribution in [2.45, 2.75) is 18.6 Å². The van der Waals surface area contributed by atoms with Gasteiger partial charge in [0.25, 0.3) is 5.91 Å². The van der Waals surface area contributed by atoms with E-state index in [9.17, 15) is 33.0 Å². The fourth-order valence-corrected chi connectivity index (χ4v) is 4.00. The highest BCUT2D eigenvalue weighted by atomic mass is 19.4. The molecule has 188 valence electrons. The van der Waals surface area contributed by atoms with E-state index in [4.69, 9.17) is 0 Å². The van der Waals surface area contributed by atoms with Gasteiger partial charge in [-0.1, -0.05) is 78.9 Å². The van der Waals surface area contributed by atoms with E-state index in [1.807, 2.05) is 42.5 Å². The smallest absolute Gasteiger partial charge is 0.417 e. The van der Waals surface area contributed by atoms with Crippen molar-refractivity contribution in [1.29, 1.82) is 0 Å². The molecule has 0 saturated heterocycles. The van der Waals surface area contributed by atoms with Crippen molar-refractivity contribution in [2.24, 2.45) is 0 Å². The molecule has 0 aliphatic rings. The predicted molar refractivity (Wildman–Crippen MR) is 133 cm³/mol. The summed E-state index contributed by atoms with van der Waals surface area (Å²) in [6.45, 7) is 0. The summed E-state index contributed by atoms with van der Waals surface area (Å²) < 4.78 is 40.4. The lowest BCUT2D eigenvalue weighted by molar-refractivity contribution is -0.139. The van der Waals surface area contributed by atoms with Gasteiger partial charge in [-0.2, -0.15) is 13.2 Å². The van der Waals surface area contributed by atoms with E-state index in [1.54, 1.807) is 12.1 Å². The Bertz CT molecular complexity index is 1420. The first-order chi connectivity index (χ1) is 17.6. The Morgan fingerprint density at radius 1 is 0.784 bits per heavy atom. The lowest BCUT2D eigenvalue weighted by atomic mass is 9.97. The number of benzene rings is 4. The largest absolute Gasteiger partial charge is 0.507 e. The maximum atomic E-state index is 13.5.